The fraction of sp³-hybridized carbons (Fsp3) is 0.600. The van der Waals surface area contributed by atoms with E-state index in [1.165, 1.54) is 17.0 Å². The van der Waals surface area contributed by atoms with Crippen LogP contribution in [0, 0.1) is 5.82 Å². The van der Waals surface area contributed by atoms with Gasteiger partial charge in [-0.25, -0.2) is 14.2 Å². The van der Waals surface area contributed by atoms with Crippen LogP contribution < -0.4 is 15.0 Å². The highest BCUT2D eigenvalue weighted by atomic mass is 19.1. The van der Waals surface area contributed by atoms with Gasteiger partial charge in [-0.1, -0.05) is 12.1 Å². The van der Waals surface area contributed by atoms with Crippen molar-refractivity contribution in [3.05, 3.63) is 53.0 Å². The monoisotopic (exact) mass is 683 g/mol. The maximum absolute atomic E-state index is 14.4. The van der Waals surface area contributed by atoms with Crippen LogP contribution in [0.25, 0.3) is 0 Å². The van der Waals surface area contributed by atoms with Gasteiger partial charge in [-0.05, 0) is 77.5 Å². The number of morpholine rings is 1. The lowest BCUT2D eigenvalue weighted by Gasteiger charge is -2.48. The molecule has 268 valence electrons. The summed E-state index contributed by atoms with van der Waals surface area (Å²) in [6.07, 6.45) is -0.677. The molecular formula is C35H50FN7O6. The number of halogens is 1. The highest BCUT2D eigenvalue weighted by molar-refractivity contribution is 5.99. The van der Waals surface area contributed by atoms with E-state index in [2.05, 4.69) is 33.9 Å². The number of carboxylic acid groups (broad SMARTS) is 1. The normalized spacial score (nSPS) is 24.8. The van der Waals surface area contributed by atoms with Crippen molar-refractivity contribution in [2.24, 2.45) is 0 Å². The number of carbonyl (C=O) groups is 3. The Morgan fingerprint density at radius 3 is 2.35 bits per heavy atom. The van der Waals surface area contributed by atoms with Crippen LogP contribution in [-0.2, 0) is 16.0 Å². The van der Waals surface area contributed by atoms with Crippen molar-refractivity contribution in [3.63, 3.8) is 0 Å². The van der Waals surface area contributed by atoms with Gasteiger partial charge in [0.15, 0.2) is 0 Å². The minimum absolute atomic E-state index is 0.0689. The number of rotatable bonds is 10. The highest BCUT2D eigenvalue weighted by Gasteiger charge is 2.40. The molecule has 0 radical (unpaired) electrons. The van der Waals surface area contributed by atoms with Gasteiger partial charge in [0, 0.05) is 56.9 Å². The van der Waals surface area contributed by atoms with Gasteiger partial charge in [0.2, 0.25) is 11.8 Å². The van der Waals surface area contributed by atoms with E-state index >= 15 is 0 Å². The van der Waals surface area contributed by atoms with E-state index in [1.807, 2.05) is 32.8 Å². The molecule has 1 aromatic heterocycles. The Morgan fingerprint density at radius 2 is 1.69 bits per heavy atom. The topological polar surface area (TPSA) is 131 Å². The summed E-state index contributed by atoms with van der Waals surface area (Å²) in [4.78, 5) is 54.2. The van der Waals surface area contributed by atoms with Crippen molar-refractivity contribution in [2.75, 3.05) is 78.1 Å². The number of hydrogen-bond donors (Lipinski definition) is 2. The number of aromatic nitrogens is 1. The molecule has 1 unspecified atom stereocenters. The number of amides is 3. The largest absolute Gasteiger partial charge is 0.474 e. The molecule has 5 rings (SSSR count). The number of piperazine rings is 1. The van der Waals surface area contributed by atoms with Crippen LogP contribution in [0.15, 0.2) is 30.3 Å². The molecular weight excluding hydrogens is 633 g/mol. The Balaban J connectivity index is 1.44. The second-order valence-corrected chi connectivity index (χ2v) is 13.9. The van der Waals surface area contributed by atoms with Gasteiger partial charge < -0.3 is 34.6 Å². The smallest absolute Gasteiger partial charge is 0.407 e. The zero-order valence-electron chi connectivity index (χ0n) is 29.4. The third-order valence-corrected chi connectivity index (χ3v) is 9.66. The number of nitrogens with zero attached hydrogens (tertiary/aromatic N) is 6. The molecule has 5 atom stereocenters. The van der Waals surface area contributed by atoms with Crippen LogP contribution in [0.3, 0.4) is 0 Å². The molecule has 0 saturated carbocycles. The molecule has 1 aromatic carbocycles. The Morgan fingerprint density at radius 1 is 1.00 bits per heavy atom. The summed E-state index contributed by atoms with van der Waals surface area (Å²) in [5, 5.41) is 12.9. The maximum atomic E-state index is 14.4. The lowest BCUT2D eigenvalue weighted by Crippen LogP contribution is -2.65. The first-order valence-corrected chi connectivity index (χ1v) is 17.1. The SMILES string of the molecule is CC1COc2nc(C(=O)NCCN(C)C)c(Cc3ccc(F)cc3)cc2N1C(=O)CN1C[C@@H](C)N(C(=O)O)C[C@@H]1CN1[C@H](C)COC[C@H]1C. The summed E-state index contributed by atoms with van der Waals surface area (Å²) in [6, 6.07) is 7.35. The van der Waals surface area contributed by atoms with Crippen LogP contribution in [-0.4, -0.2) is 151 Å². The lowest BCUT2D eigenvalue weighted by atomic mass is 10.0. The van der Waals surface area contributed by atoms with Gasteiger partial charge in [0.1, 0.15) is 23.8 Å². The molecule has 2 aromatic rings. The Kier molecular flexibility index (Phi) is 11.7. The Labute approximate surface area is 287 Å². The number of nitrogens with one attached hydrogen (secondary N) is 1. The molecule has 0 bridgehead atoms. The van der Waals surface area contributed by atoms with Gasteiger partial charge >= 0.3 is 6.09 Å². The van der Waals surface area contributed by atoms with Crippen molar-refractivity contribution in [3.8, 4) is 5.88 Å². The summed E-state index contributed by atoms with van der Waals surface area (Å²) in [7, 11) is 3.84. The van der Waals surface area contributed by atoms with E-state index in [0.29, 0.717) is 57.1 Å². The van der Waals surface area contributed by atoms with E-state index in [4.69, 9.17) is 9.47 Å². The van der Waals surface area contributed by atoms with Gasteiger partial charge in [-0.3, -0.25) is 19.4 Å². The number of anilines is 1. The van der Waals surface area contributed by atoms with Crippen molar-refractivity contribution < 1.29 is 33.4 Å². The first-order valence-electron chi connectivity index (χ1n) is 17.1. The number of fused-ring (bicyclic) bond motifs is 1. The summed E-state index contributed by atoms with van der Waals surface area (Å²) in [5.41, 5.74) is 2.03. The third-order valence-electron chi connectivity index (χ3n) is 9.66. The second kappa shape index (κ2) is 15.8. The molecule has 0 aliphatic carbocycles. The molecule has 2 N–H and O–H groups in total. The zero-order chi connectivity index (χ0) is 35.4. The summed E-state index contributed by atoms with van der Waals surface area (Å²) >= 11 is 0. The molecule has 2 fully saturated rings. The van der Waals surface area contributed by atoms with Gasteiger partial charge in [-0.15, -0.1) is 0 Å². The van der Waals surface area contributed by atoms with Crippen molar-refractivity contribution >= 4 is 23.6 Å². The molecule has 13 nitrogen and oxygen atoms in total. The maximum Gasteiger partial charge on any atom is 0.407 e. The lowest BCUT2D eigenvalue weighted by molar-refractivity contribution is -0.122. The third kappa shape index (κ3) is 8.66. The van der Waals surface area contributed by atoms with Crippen molar-refractivity contribution in [2.45, 2.75) is 64.3 Å². The number of likely N-dealkylation sites (N-methyl/N-ethyl adjacent to an activating group) is 1. The number of hydrogen-bond acceptors (Lipinski definition) is 9. The fourth-order valence-electron chi connectivity index (χ4n) is 6.96. The summed E-state index contributed by atoms with van der Waals surface area (Å²) in [6.45, 7) is 11.8. The zero-order valence-corrected chi connectivity index (χ0v) is 29.4. The first kappa shape index (κ1) is 36.4. The van der Waals surface area contributed by atoms with Crippen LogP contribution >= 0.6 is 0 Å². The van der Waals surface area contributed by atoms with Crippen LogP contribution in [0.1, 0.15) is 49.3 Å². The van der Waals surface area contributed by atoms with E-state index in [-0.39, 0.29) is 79.1 Å². The molecule has 0 spiro atoms. The van der Waals surface area contributed by atoms with Crippen LogP contribution in [0.4, 0.5) is 14.9 Å². The fourth-order valence-corrected chi connectivity index (χ4v) is 6.96. The predicted molar refractivity (Wildman–Crippen MR) is 183 cm³/mol. The highest BCUT2D eigenvalue weighted by Crippen LogP contribution is 2.35. The molecule has 14 heteroatoms. The first-order chi connectivity index (χ1) is 23.3. The Hall–Kier alpha value is -3.85. The Bertz CT molecular complexity index is 1480. The molecule has 2 saturated heterocycles. The summed E-state index contributed by atoms with van der Waals surface area (Å²) in [5.74, 6) is -0.689. The standard InChI is InChI=1S/C35H50FN7O6/c1-22-15-40(29(17-42(22)35(46)47)16-41-23(2)19-48-20-24(41)3)18-31(44)43-25(4)21-49-34-30(43)14-27(13-26-7-9-28(36)10-8-26)32(38-34)33(45)37-11-12-39(5)6/h7-10,14,22-25,29H,11-13,15-21H2,1-6H3,(H,37,45)(H,46,47)/t22-,23-,24-,25?,29+/m1/s1. The van der Waals surface area contributed by atoms with E-state index in [1.54, 1.807) is 23.1 Å². The molecule has 4 heterocycles. The number of carbonyl (C=O) groups excluding carboxylic acids is 2. The van der Waals surface area contributed by atoms with Crippen molar-refractivity contribution in [1.82, 2.24) is 29.9 Å². The van der Waals surface area contributed by atoms with Crippen molar-refractivity contribution in [1.29, 1.82) is 0 Å². The average Bonchev–Trinajstić information content (AvgIpc) is 3.04. The predicted octanol–water partition coefficient (Wildman–Crippen LogP) is 2.38. The molecule has 3 amide bonds. The summed E-state index contributed by atoms with van der Waals surface area (Å²) < 4.78 is 25.5. The molecule has 49 heavy (non-hydrogen) atoms. The second-order valence-electron chi connectivity index (χ2n) is 13.9. The van der Waals surface area contributed by atoms with Gasteiger partial charge in [-0.2, -0.15) is 0 Å². The minimum Gasteiger partial charge on any atom is -0.474 e. The van der Waals surface area contributed by atoms with Crippen LogP contribution in [0.5, 0.6) is 5.88 Å². The van der Waals surface area contributed by atoms with Gasteiger partial charge in [0.25, 0.3) is 5.91 Å². The molecule has 3 aliphatic heterocycles. The average molecular weight is 684 g/mol. The number of pyridine rings is 1. The number of benzene rings is 1. The van der Waals surface area contributed by atoms with E-state index < -0.39 is 6.09 Å². The molecule has 3 aliphatic rings. The van der Waals surface area contributed by atoms with Gasteiger partial charge in [0.05, 0.1) is 25.8 Å². The minimum atomic E-state index is -0.969. The van der Waals surface area contributed by atoms with E-state index in [9.17, 15) is 23.9 Å². The van der Waals surface area contributed by atoms with E-state index in [0.717, 1.165) is 5.56 Å². The quantitative estimate of drug-likeness (QED) is 0.385. The van der Waals surface area contributed by atoms with Crippen LogP contribution in [0.2, 0.25) is 0 Å². The number of ether oxygens (including phenoxy) is 2.